The van der Waals surface area contributed by atoms with Gasteiger partial charge in [-0.2, -0.15) is 0 Å². The Morgan fingerprint density at radius 1 is 0.926 bits per heavy atom. The zero-order valence-electron chi connectivity index (χ0n) is 15.1. The minimum Gasteiger partial charge on any atom is -0.426 e. The fourth-order valence-electron chi connectivity index (χ4n) is 3.93. The third-order valence-corrected chi connectivity index (χ3v) is 5.05. The lowest BCUT2D eigenvalue weighted by molar-refractivity contribution is -0.181. The van der Waals surface area contributed by atoms with Crippen LogP contribution in [-0.4, -0.2) is 28.6 Å². The molecule has 0 spiro atoms. The van der Waals surface area contributed by atoms with E-state index in [4.69, 9.17) is 9.57 Å². The summed E-state index contributed by atoms with van der Waals surface area (Å²) in [6.45, 7) is 3.59. The van der Waals surface area contributed by atoms with Gasteiger partial charge in [0.25, 0.3) is 11.8 Å². The number of rotatable bonds is 3. The predicted molar refractivity (Wildman–Crippen MR) is 96.5 cm³/mol. The molecule has 2 aliphatic rings. The average Bonchev–Trinajstić information content (AvgIpc) is 3.14. The highest BCUT2D eigenvalue weighted by atomic mass is 16.8. The van der Waals surface area contributed by atoms with Crippen molar-refractivity contribution < 1.29 is 24.0 Å². The molecule has 0 radical (unpaired) electrons. The zero-order valence-corrected chi connectivity index (χ0v) is 15.1. The summed E-state index contributed by atoms with van der Waals surface area (Å²) in [7, 11) is 0. The Bertz CT molecular complexity index is 888. The number of ether oxygens (including phenoxy) is 1. The number of fused-ring (bicyclic) bond motifs is 3. The molecule has 0 atom stereocenters. The van der Waals surface area contributed by atoms with Gasteiger partial charge >= 0.3 is 6.16 Å². The van der Waals surface area contributed by atoms with E-state index in [1.54, 1.807) is 13.8 Å². The van der Waals surface area contributed by atoms with Gasteiger partial charge in [-0.25, -0.2) is 4.79 Å². The number of benzene rings is 2. The van der Waals surface area contributed by atoms with Gasteiger partial charge in [0.2, 0.25) is 0 Å². The maximum Gasteiger partial charge on any atom is 0.534 e. The van der Waals surface area contributed by atoms with E-state index >= 15 is 0 Å². The van der Waals surface area contributed by atoms with Gasteiger partial charge in [0, 0.05) is 18.8 Å². The van der Waals surface area contributed by atoms with Crippen LogP contribution in [0.4, 0.5) is 4.79 Å². The van der Waals surface area contributed by atoms with Crippen molar-refractivity contribution >= 4 is 18.0 Å². The van der Waals surface area contributed by atoms with Crippen LogP contribution in [0.25, 0.3) is 11.1 Å². The van der Waals surface area contributed by atoms with Crippen LogP contribution < -0.4 is 0 Å². The summed E-state index contributed by atoms with van der Waals surface area (Å²) in [5.74, 6) is -1.26. The monoisotopic (exact) mass is 365 g/mol. The number of carbonyl (C=O) groups excluding carboxylic acids is 3. The third-order valence-electron chi connectivity index (χ3n) is 5.05. The number of hydroxylamine groups is 2. The molecule has 1 heterocycles. The second-order valence-corrected chi connectivity index (χ2v) is 7.24. The second kappa shape index (κ2) is 6.23. The van der Waals surface area contributed by atoms with E-state index in [-0.39, 0.29) is 18.8 Å². The first-order valence-electron chi connectivity index (χ1n) is 8.83. The molecule has 6 heteroatoms. The topological polar surface area (TPSA) is 72.9 Å². The number of carbonyl (C=O) groups is 3. The number of hydrogen-bond acceptors (Lipinski definition) is 5. The highest BCUT2D eigenvalue weighted by Gasteiger charge is 2.43. The van der Waals surface area contributed by atoms with E-state index in [1.165, 1.54) is 0 Å². The van der Waals surface area contributed by atoms with Crippen LogP contribution in [0.15, 0.2) is 48.5 Å². The molecule has 138 valence electrons. The van der Waals surface area contributed by atoms with E-state index in [9.17, 15) is 14.4 Å². The molecule has 4 rings (SSSR count). The van der Waals surface area contributed by atoms with Crippen LogP contribution in [0.5, 0.6) is 0 Å². The van der Waals surface area contributed by atoms with E-state index in [0.29, 0.717) is 5.06 Å². The lowest BCUT2D eigenvalue weighted by Gasteiger charge is -2.32. The molecule has 0 aromatic heterocycles. The van der Waals surface area contributed by atoms with Crippen molar-refractivity contribution in [1.29, 1.82) is 0 Å². The predicted octanol–water partition coefficient (Wildman–Crippen LogP) is 3.79. The number of hydrogen-bond donors (Lipinski definition) is 0. The maximum absolute atomic E-state index is 12.3. The van der Waals surface area contributed by atoms with Crippen LogP contribution in [0, 0.1) is 0 Å². The molecule has 0 N–H and O–H groups in total. The summed E-state index contributed by atoms with van der Waals surface area (Å²) >= 11 is 0. The molecule has 2 aromatic rings. The molecule has 0 unspecified atom stereocenters. The Morgan fingerprint density at radius 2 is 1.41 bits per heavy atom. The number of nitrogens with zero attached hydrogens (tertiary/aromatic N) is 1. The zero-order chi connectivity index (χ0) is 19.2. The molecular formula is C21H19NO5. The van der Waals surface area contributed by atoms with E-state index < -0.39 is 23.6 Å². The van der Waals surface area contributed by atoms with Crippen LogP contribution in [0.3, 0.4) is 0 Å². The minimum atomic E-state index is -1.06. The molecule has 2 amide bonds. The van der Waals surface area contributed by atoms with Crippen molar-refractivity contribution in [2.75, 3.05) is 0 Å². The molecule has 0 saturated carbocycles. The molecule has 1 aliphatic carbocycles. The Labute approximate surface area is 156 Å². The third kappa shape index (κ3) is 2.87. The van der Waals surface area contributed by atoms with Crippen molar-refractivity contribution in [3.8, 4) is 11.1 Å². The minimum absolute atomic E-state index is 0.0406. The van der Waals surface area contributed by atoms with E-state index in [0.717, 1.165) is 22.3 Å². The van der Waals surface area contributed by atoms with Crippen molar-refractivity contribution in [3.63, 3.8) is 0 Å². The van der Waals surface area contributed by atoms with Crippen LogP contribution in [0.1, 0.15) is 43.7 Å². The van der Waals surface area contributed by atoms with Gasteiger partial charge in [0.15, 0.2) is 0 Å². The summed E-state index contributed by atoms with van der Waals surface area (Å²) in [4.78, 5) is 40.5. The van der Waals surface area contributed by atoms with E-state index in [1.807, 2.05) is 48.5 Å². The molecule has 6 nitrogen and oxygen atoms in total. The largest absolute Gasteiger partial charge is 0.534 e. The lowest BCUT2D eigenvalue weighted by atomic mass is 9.83. The standard InChI is InChI=1S/C21H19NO5/c1-21(2,26-20(25)27-22-17(23)11-12-18(22)24)19-15-9-5-3-7-13(15)14-8-4-6-10-16(14)19/h3-10,19H,11-12H2,1-2H3. The summed E-state index contributed by atoms with van der Waals surface area (Å²) in [5.41, 5.74) is 3.38. The molecule has 1 fully saturated rings. The summed E-state index contributed by atoms with van der Waals surface area (Å²) in [6.07, 6.45) is -0.983. The fraction of sp³-hybridized carbons (Fsp3) is 0.286. The highest BCUT2D eigenvalue weighted by molar-refractivity contribution is 6.01. The summed E-state index contributed by atoms with van der Waals surface area (Å²) < 4.78 is 5.59. The molecule has 1 aliphatic heterocycles. The first kappa shape index (κ1) is 17.3. The number of amides is 2. The van der Waals surface area contributed by atoms with Crippen molar-refractivity contribution in [3.05, 3.63) is 59.7 Å². The maximum atomic E-state index is 12.3. The first-order chi connectivity index (χ1) is 12.9. The fourth-order valence-corrected chi connectivity index (χ4v) is 3.93. The molecule has 27 heavy (non-hydrogen) atoms. The van der Waals surface area contributed by atoms with Crippen LogP contribution in [-0.2, 0) is 19.2 Å². The molecular weight excluding hydrogens is 346 g/mol. The summed E-state index contributed by atoms with van der Waals surface area (Å²) in [6, 6.07) is 16.0. The van der Waals surface area contributed by atoms with Gasteiger partial charge in [0.1, 0.15) is 5.60 Å². The van der Waals surface area contributed by atoms with Crippen LogP contribution in [0.2, 0.25) is 0 Å². The first-order valence-corrected chi connectivity index (χ1v) is 8.83. The Balaban J connectivity index is 1.61. The normalized spacial score (nSPS) is 16.3. The molecule has 2 aromatic carbocycles. The van der Waals surface area contributed by atoms with Gasteiger partial charge in [-0.15, -0.1) is 0 Å². The van der Waals surface area contributed by atoms with Crippen LogP contribution >= 0.6 is 0 Å². The molecule has 0 bridgehead atoms. The summed E-state index contributed by atoms with van der Waals surface area (Å²) in [5, 5.41) is 0.495. The van der Waals surface area contributed by atoms with Gasteiger partial charge < -0.3 is 4.74 Å². The van der Waals surface area contributed by atoms with Gasteiger partial charge in [-0.1, -0.05) is 53.6 Å². The van der Waals surface area contributed by atoms with E-state index in [2.05, 4.69) is 0 Å². The SMILES string of the molecule is CC(C)(OC(=O)ON1C(=O)CCC1=O)C1c2ccccc2-c2ccccc21. The van der Waals surface area contributed by atoms with Crippen molar-refractivity contribution in [2.45, 2.75) is 38.2 Å². The van der Waals surface area contributed by atoms with Crippen molar-refractivity contribution in [2.24, 2.45) is 0 Å². The quantitative estimate of drug-likeness (QED) is 0.611. The molecule has 1 saturated heterocycles. The average molecular weight is 365 g/mol. The Hall–Kier alpha value is -3.15. The van der Waals surface area contributed by atoms with Gasteiger partial charge in [-0.05, 0) is 36.1 Å². The van der Waals surface area contributed by atoms with Crippen molar-refractivity contribution in [1.82, 2.24) is 5.06 Å². The smallest absolute Gasteiger partial charge is 0.426 e. The van der Waals surface area contributed by atoms with Gasteiger partial charge in [-0.3, -0.25) is 14.4 Å². The Morgan fingerprint density at radius 3 is 1.93 bits per heavy atom. The lowest BCUT2D eigenvalue weighted by Crippen LogP contribution is -2.39. The Kier molecular flexibility index (Phi) is 3.98. The second-order valence-electron chi connectivity index (χ2n) is 7.24. The van der Waals surface area contributed by atoms with Gasteiger partial charge in [0.05, 0.1) is 0 Å². The highest BCUT2D eigenvalue weighted by Crippen LogP contribution is 2.50. The number of imide groups is 1.